The van der Waals surface area contributed by atoms with E-state index < -0.39 is 0 Å². The predicted octanol–water partition coefficient (Wildman–Crippen LogP) is 3.56. The van der Waals surface area contributed by atoms with Crippen LogP contribution >= 0.6 is 0 Å². The van der Waals surface area contributed by atoms with Gasteiger partial charge in [-0.1, -0.05) is 19.9 Å². The molecule has 0 fully saturated rings. The lowest BCUT2D eigenvalue weighted by Gasteiger charge is -2.08. The first-order valence-electron chi connectivity index (χ1n) is 4.98. The molecule has 1 nitrogen and oxygen atoms in total. The Labute approximate surface area is 84.9 Å². The summed E-state index contributed by atoms with van der Waals surface area (Å²) in [7, 11) is 0. The van der Waals surface area contributed by atoms with Gasteiger partial charge in [0.25, 0.3) is 0 Å². The lowest BCUT2D eigenvalue weighted by Crippen LogP contribution is -2.01. The Morgan fingerprint density at radius 1 is 1.36 bits per heavy atom. The minimum absolute atomic E-state index is 0.202. The molecule has 0 bridgehead atoms. The van der Waals surface area contributed by atoms with Gasteiger partial charge in [0.1, 0.15) is 11.6 Å². The van der Waals surface area contributed by atoms with Crippen LogP contribution < -0.4 is 4.74 Å². The summed E-state index contributed by atoms with van der Waals surface area (Å²) in [5, 5.41) is 0. The van der Waals surface area contributed by atoms with Crippen molar-refractivity contribution in [1.82, 2.24) is 0 Å². The summed E-state index contributed by atoms with van der Waals surface area (Å²) >= 11 is 0. The van der Waals surface area contributed by atoms with Crippen molar-refractivity contribution in [2.24, 2.45) is 5.92 Å². The molecule has 14 heavy (non-hydrogen) atoms. The third-order valence-electron chi connectivity index (χ3n) is 2.11. The summed E-state index contributed by atoms with van der Waals surface area (Å²) in [6, 6.07) is 4.98. The SMILES string of the molecule is Cc1ccc(OCCC(C)C)cc1F. The zero-order valence-electron chi connectivity index (χ0n) is 9.01. The third kappa shape index (κ3) is 3.36. The Kier molecular flexibility index (Phi) is 3.93. The molecule has 0 radical (unpaired) electrons. The normalized spacial score (nSPS) is 10.6. The molecule has 1 rings (SSSR count). The summed E-state index contributed by atoms with van der Waals surface area (Å²) in [4.78, 5) is 0. The Morgan fingerprint density at radius 2 is 2.07 bits per heavy atom. The molecular weight excluding hydrogens is 179 g/mol. The van der Waals surface area contributed by atoms with Crippen LogP contribution in [-0.4, -0.2) is 6.61 Å². The van der Waals surface area contributed by atoms with Gasteiger partial charge in [0.15, 0.2) is 0 Å². The van der Waals surface area contributed by atoms with Gasteiger partial charge in [-0.05, 0) is 30.9 Å². The number of hydrogen-bond acceptors (Lipinski definition) is 1. The number of ether oxygens (including phenoxy) is 1. The maximum atomic E-state index is 13.1. The van der Waals surface area contributed by atoms with E-state index in [0.717, 1.165) is 6.42 Å². The fourth-order valence-electron chi connectivity index (χ4n) is 1.08. The van der Waals surface area contributed by atoms with Crippen LogP contribution in [0.5, 0.6) is 5.75 Å². The highest BCUT2D eigenvalue weighted by molar-refractivity contribution is 5.27. The van der Waals surface area contributed by atoms with Gasteiger partial charge in [-0.25, -0.2) is 4.39 Å². The molecule has 0 aliphatic heterocycles. The zero-order valence-corrected chi connectivity index (χ0v) is 9.01. The lowest BCUT2D eigenvalue weighted by molar-refractivity contribution is 0.288. The van der Waals surface area contributed by atoms with Crippen LogP contribution in [0.2, 0.25) is 0 Å². The van der Waals surface area contributed by atoms with E-state index in [2.05, 4.69) is 13.8 Å². The van der Waals surface area contributed by atoms with E-state index in [1.807, 2.05) is 0 Å². The Balaban J connectivity index is 2.47. The van der Waals surface area contributed by atoms with Crippen molar-refractivity contribution >= 4 is 0 Å². The summed E-state index contributed by atoms with van der Waals surface area (Å²) in [6.07, 6.45) is 0.996. The number of hydrogen-bond donors (Lipinski definition) is 0. The molecule has 1 aromatic carbocycles. The molecular formula is C12H17FO. The fraction of sp³-hybridized carbons (Fsp3) is 0.500. The second-order valence-electron chi connectivity index (χ2n) is 3.94. The zero-order chi connectivity index (χ0) is 10.6. The number of halogens is 1. The first kappa shape index (κ1) is 11.0. The van der Waals surface area contributed by atoms with Gasteiger partial charge in [0, 0.05) is 6.07 Å². The van der Waals surface area contributed by atoms with Crippen molar-refractivity contribution in [2.45, 2.75) is 27.2 Å². The van der Waals surface area contributed by atoms with E-state index in [9.17, 15) is 4.39 Å². The molecule has 1 aromatic rings. The van der Waals surface area contributed by atoms with Crippen LogP contribution in [0.1, 0.15) is 25.8 Å². The van der Waals surface area contributed by atoms with Gasteiger partial charge >= 0.3 is 0 Å². The minimum Gasteiger partial charge on any atom is -0.493 e. The van der Waals surface area contributed by atoms with E-state index in [4.69, 9.17) is 4.74 Å². The summed E-state index contributed by atoms with van der Waals surface area (Å²) in [6.45, 7) is 6.67. The summed E-state index contributed by atoms with van der Waals surface area (Å²) in [5.41, 5.74) is 0.654. The molecule has 2 heteroatoms. The van der Waals surface area contributed by atoms with Crippen LogP contribution in [0.4, 0.5) is 4.39 Å². The van der Waals surface area contributed by atoms with Crippen molar-refractivity contribution < 1.29 is 9.13 Å². The Hall–Kier alpha value is -1.05. The molecule has 0 N–H and O–H groups in total. The minimum atomic E-state index is -0.202. The molecule has 0 amide bonds. The molecule has 0 spiro atoms. The molecule has 78 valence electrons. The van der Waals surface area contributed by atoms with Crippen molar-refractivity contribution in [3.63, 3.8) is 0 Å². The highest BCUT2D eigenvalue weighted by Crippen LogP contribution is 2.16. The molecule has 0 unspecified atom stereocenters. The van der Waals surface area contributed by atoms with E-state index in [-0.39, 0.29) is 5.82 Å². The quantitative estimate of drug-likeness (QED) is 0.715. The molecule has 0 saturated heterocycles. The van der Waals surface area contributed by atoms with E-state index in [1.54, 1.807) is 19.1 Å². The highest BCUT2D eigenvalue weighted by atomic mass is 19.1. The van der Waals surface area contributed by atoms with Crippen LogP contribution in [0.3, 0.4) is 0 Å². The standard InChI is InChI=1S/C12H17FO/c1-9(2)6-7-14-11-5-4-10(3)12(13)8-11/h4-5,8-9H,6-7H2,1-3H3. The number of benzene rings is 1. The molecule has 0 atom stereocenters. The number of rotatable bonds is 4. The molecule has 0 aromatic heterocycles. The van der Waals surface area contributed by atoms with Crippen molar-refractivity contribution in [2.75, 3.05) is 6.61 Å². The maximum Gasteiger partial charge on any atom is 0.129 e. The Bertz CT molecular complexity index is 294. The average molecular weight is 196 g/mol. The first-order valence-corrected chi connectivity index (χ1v) is 4.98. The van der Waals surface area contributed by atoms with Gasteiger partial charge in [0.2, 0.25) is 0 Å². The third-order valence-corrected chi connectivity index (χ3v) is 2.11. The molecule has 0 saturated carbocycles. The van der Waals surface area contributed by atoms with Crippen LogP contribution in [0.25, 0.3) is 0 Å². The van der Waals surface area contributed by atoms with Crippen LogP contribution in [0, 0.1) is 18.7 Å². The monoisotopic (exact) mass is 196 g/mol. The van der Waals surface area contributed by atoms with Crippen molar-refractivity contribution in [1.29, 1.82) is 0 Å². The average Bonchev–Trinajstić information content (AvgIpc) is 2.10. The van der Waals surface area contributed by atoms with Crippen molar-refractivity contribution in [3.8, 4) is 5.75 Å². The smallest absolute Gasteiger partial charge is 0.129 e. The van der Waals surface area contributed by atoms with E-state index >= 15 is 0 Å². The van der Waals surface area contributed by atoms with Crippen molar-refractivity contribution in [3.05, 3.63) is 29.6 Å². The van der Waals surface area contributed by atoms with Gasteiger partial charge in [-0.15, -0.1) is 0 Å². The molecule has 0 aliphatic carbocycles. The largest absolute Gasteiger partial charge is 0.493 e. The van der Waals surface area contributed by atoms with Gasteiger partial charge < -0.3 is 4.74 Å². The van der Waals surface area contributed by atoms with Gasteiger partial charge in [0.05, 0.1) is 6.61 Å². The second-order valence-corrected chi connectivity index (χ2v) is 3.94. The predicted molar refractivity (Wildman–Crippen MR) is 56.1 cm³/mol. The van der Waals surface area contributed by atoms with E-state index in [1.165, 1.54) is 6.07 Å². The van der Waals surface area contributed by atoms with E-state index in [0.29, 0.717) is 23.8 Å². The van der Waals surface area contributed by atoms with Crippen LogP contribution in [-0.2, 0) is 0 Å². The maximum absolute atomic E-state index is 13.1. The van der Waals surface area contributed by atoms with Crippen LogP contribution in [0.15, 0.2) is 18.2 Å². The molecule has 0 aliphatic rings. The first-order chi connectivity index (χ1) is 6.59. The summed E-state index contributed by atoms with van der Waals surface area (Å²) < 4.78 is 18.5. The van der Waals surface area contributed by atoms with Gasteiger partial charge in [-0.3, -0.25) is 0 Å². The lowest BCUT2D eigenvalue weighted by atomic mass is 10.1. The number of aryl methyl sites for hydroxylation is 1. The topological polar surface area (TPSA) is 9.23 Å². The second kappa shape index (κ2) is 4.99. The summed E-state index contributed by atoms with van der Waals surface area (Å²) in [5.74, 6) is 1.03. The Morgan fingerprint density at radius 3 is 2.64 bits per heavy atom. The highest BCUT2D eigenvalue weighted by Gasteiger charge is 2.00. The fourth-order valence-corrected chi connectivity index (χ4v) is 1.08. The molecule has 0 heterocycles. The van der Waals surface area contributed by atoms with Gasteiger partial charge in [-0.2, -0.15) is 0 Å².